The summed E-state index contributed by atoms with van der Waals surface area (Å²) < 4.78 is 92.7. The summed E-state index contributed by atoms with van der Waals surface area (Å²) in [4.78, 5) is -0.260. The third-order valence-electron chi connectivity index (χ3n) is 8.08. The normalized spacial score (nSPS) is 22.4. The molecule has 0 radical (unpaired) electrons. The molecule has 0 spiro atoms. The number of hydrogen-bond donors (Lipinski definition) is 0. The minimum atomic E-state index is -6.19. The molecule has 4 rings (SSSR count). The summed E-state index contributed by atoms with van der Waals surface area (Å²) in [6.07, 6.45) is 14.1. The van der Waals surface area contributed by atoms with Crippen molar-refractivity contribution in [3.63, 3.8) is 0 Å². The molecule has 3 aliphatic rings. The summed E-state index contributed by atoms with van der Waals surface area (Å²) >= 11 is 0. The Hall–Kier alpha value is -1.13. The number of rotatable bonds is 6. The average molecular weight is 535 g/mol. The molecule has 0 bridgehead atoms. The van der Waals surface area contributed by atoms with Crippen molar-refractivity contribution in [2.24, 2.45) is 0 Å². The van der Waals surface area contributed by atoms with Gasteiger partial charge in [0, 0.05) is 0 Å². The summed E-state index contributed by atoms with van der Waals surface area (Å²) in [6, 6.07) is 3.75. The van der Waals surface area contributed by atoms with Crippen molar-refractivity contribution in [2.45, 2.75) is 124 Å². The van der Waals surface area contributed by atoms with E-state index >= 15 is 0 Å². The summed E-state index contributed by atoms with van der Waals surface area (Å²) in [7, 11) is -11.3. The quantitative estimate of drug-likeness (QED) is 0.374. The van der Waals surface area contributed by atoms with Crippen LogP contribution in [0.1, 0.15) is 131 Å². The van der Waals surface area contributed by atoms with Crippen LogP contribution in [0.2, 0.25) is 0 Å². The molecule has 0 atom stereocenters. The van der Waals surface area contributed by atoms with Crippen molar-refractivity contribution in [3.05, 3.63) is 33.0 Å². The second-order valence-corrected chi connectivity index (χ2v) is 13.9. The second kappa shape index (κ2) is 10.7. The molecule has 3 fully saturated rings. The zero-order chi connectivity index (χ0) is 25.3. The van der Waals surface area contributed by atoms with E-state index in [-0.39, 0.29) is 16.7 Å². The number of alkyl halides is 3. The molecule has 3 aliphatic carbocycles. The number of nitrogens with zero attached hydrogens (tertiary/aromatic N) is 1. The first-order valence-electron chi connectivity index (χ1n) is 13.0. The van der Waals surface area contributed by atoms with Gasteiger partial charge in [0.15, 0.2) is 10.0 Å². The zero-order valence-electron chi connectivity index (χ0n) is 20.0. The van der Waals surface area contributed by atoms with Crippen LogP contribution < -0.4 is 0 Å². The van der Waals surface area contributed by atoms with Gasteiger partial charge in [-0.1, -0.05) is 69.9 Å². The van der Waals surface area contributed by atoms with Gasteiger partial charge in [-0.05, 0) is 73.0 Å². The van der Waals surface area contributed by atoms with Gasteiger partial charge < -0.3 is 4.13 Å². The Morgan fingerprint density at radius 3 is 1.37 bits per heavy atom. The van der Waals surface area contributed by atoms with Crippen LogP contribution in [0.15, 0.2) is 17.0 Å². The zero-order valence-corrected chi connectivity index (χ0v) is 21.7. The van der Waals surface area contributed by atoms with Crippen LogP contribution in [0, 0.1) is 0 Å². The van der Waals surface area contributed by atoms with Crippen LogP contribution in [0.3, 0.4) is 0 Å². The number of benzene rings is 1. The smallest absolute Gasteiger partial charge is 0.424 e. The molecular weight excluding hydrogens is 499 g/mol. The van der Waals surface area contributed by atoms with Crippen LogP contribution in [0.4, 0.5) is 13.2 Å². The van der Waals surface area contributed by atoms with Gasteiger partial charge in [-0.15, -0.1) is 0 Å². The molecule has 0 amide bonds. The van der Waals surface area contributed by atoms with Crippen molar-refractivity contribution in [1.82, 2.24) is 0 Å². The molecule has 1 aromatic carbocycles. The molecule has 0 heterocycles. The predicted octanol–water partition coefficient (Wildman–Crippen LogP) is 7.74. The number of hydrogen-bond acceptors (Lipinski definition) is 4. The van der Waals surface area contributed by atoms with E-state index in [0.717, 1.165) is 95.5 Å². The average Bonchev–Trinajstić information content (AvgIpc) is 2.83. The molecule has 35 heavy (non-hydrogen) atoms. The van der Waals surface area contributed by atoms with E-state index in [1.165, 1.54) is 6.42 Å². The van der Waals surface area contributed by atoms with E-state index in [1.54, 1.807) is 0 Å². The third-order valence-corrected chi connectivity index (χ3v) is 11.2. The molecule has 198 valence electrons. The highest BCUT2D eigenvalue weighted by Gasteiger charge is 2.41. The highest BCUT2D eigenvalue weighted by Crippen LogP contribution is 2.47. The van der Waals surface area contributed by atoms with Crippen LogP contribution in [-0.4, -0.2) is 22.3 Å². The van der Waals surface area contributed by atoms with E-state index in [0.29, 0.717) is 17.0 Å². The van der Waals surface area contributed by atoms with E-state index in [9.17, 15) is 30.0 Å². The van der Waals surface area contributed by atoms with E-state index < -0.39 is 25.6 Å². The first-order valence-corrected chi connectivity index (χ1v) is 15.9. The summed E-state index contributed by atoms with van der Waals surface area (Å²) in [6.45, 7) is 0. The van der Waals surface area contributed by atoms with Crippen molar-refractivity contribution in [2.75, 3.05) is 0 Å². The summed E-state index contributed by atoms with van der Waals surface area (Å²) in [5, 5.41) is 0. The van der Waals surface area contributed by atoms with Gasteiger partial charge in [-0.2, -0.15) is 13.2 Å². The fraction of sp³-hybridized carbons (Fsp3) is 0.760. The molecule has 3 saturated carbocycles. The topological polar surface area (TPSA) is 82.4 Å². The third kappa shape index (κ3) is 6.06. The Kier molecular flexibility index (Phi) is 8.23. The first kappa shape index (κ1) is 26.9. The van der Waals surface area contributed by atoms with Gasteiger partial charge in [-0.25, -0.2) is 16.8 Å². The highest BCUT2D eigenvalue weighted by molar-refractivity contribution is 8.12. The standard InChI is InChI=1S/C25H35F3NO4S2/c26-25(27,28)35(32,33)29-34(30,31)24-22(19-12-6-2-7-13-19)16-21(18-10-4-1-5-11-18)17-23(24)20-14-8-3-9-15-20/h16-20H,1-15H2/q-1. The lowest BCUT2D eigenvalue weighted by molar-refractivity contribution is -0.0425. The Morgan fingerprint density at radius 2 is 1.00 bits per heavy atom. The van der Waals surface area contributed by atoms with E-state index in [1.807, 2.05) is 12.1 Å². The van der Waals surface area contributed by atoms with E-state index in [2.05, 4.69) is 4.13 Å². The Balaban J connectivity index is 1.90. The molecule has 0 N–H and O–H groups in total. The van der Waals surface area contributed by atoms with Crippen LogP contribution in [-0.2, 0) is 20.0 Å². The van der Waals surface area contributed by atoms with E-state index in [4.69, 9.17) is 0 Å². The van der Waals surface area contributed by atoms with Gasteiger partial charge in [-0.3, -0.25) is 0 Å². The minimum Gasteiger partial charge on any atom is -0.424 e. The minimum absolute atomic E-state index is 0.122. The molecule has 0 aromatic heterocycles. The largest absolute Gasteiger partial charge is 0.480 e. The van der Waals surface area contributed by atoms with Gasteiger partial charge in [0.2, 0.25) is 0 Å². The van der Waals surface area contributed by atoms with Crippen molar-refractivity contribution in [1.29, 1.82) is 0 Å². The molecule has 0 saturated heterocycles. The Morgan fingerprint density at radius 1 is 0.629 bits per heavy atom. The predicted molar refractivity (Wildman–Crippen MR) is 129 cm³/mol. The molecular formula is C25H35F3NO4S2-. The SMILES string of the molecule is O=S(=O)([N-]S(=O)(=O)C(F)(F)F)c1c(C2CCCCC2)cc(C2CCCCC2)cc1C1CCCCC1. The summed E-state index contributed by atoms with van der Waals surface area (Å²) in [5.41, 5.74) is -3.72. The highest BCUT2D eigenvalue weighted by atomic mass is 32.3. The number of sulfonamides is 2. The second-order valence-electron chi connectivity index (χ2n) is 10.5. The van der Waals surface area contributed by atoms with Gasteiger partial charge in [0.05, 0.1) is 4.90 Å². The van der Waals surface area contributed by atoms with Crippen molar-refractivity contribution < 1.29 is 30.0 Å². The molecule has 1 aromatic rings. The van der Waals surface area contributed by atoms with Crippen LogP contribution in [0.25, 0.3) is 4.13 Å². The van der Waals surface area contributed by atoms with Gasteiger partial charge in [0.25, 0.3) is 0 Å². The lowest BCUT2D eigenvalue weighted by Crippen LogP contribution is -2.26. The van der Waals surface area contributed by atoms with Crippen LogP contribution in [0.5, 0.6) is 0 Å². The maximum Gasteiger partial charge on any atom is 0.480 e. The van der Waals surface area contributed by atoms with Crippen molar-refractivity contribution in [3.8, 4) is 0 Å². The lowest BCUT2D eigenvalue weighted by Gasteiger charge is -2.34. The van der Waals surface area contributed by atoms with Crippen LogP contribution >= 0.6 is 0 Å². The molecule has 10 heteroatoms. The number of halogens is 3. The molecule has 0 aliphatic heterocycles. The first-order chi connectivity index (χ1) is 16.5. The maximum atomic E-state index is 13.5. The molecule has 5 nitrogen and oxygen atoms in total. The fourth-order valence-electron chi connectivity index (χ4n) is 6.31. The monoisotopic (exact) mass is 534 g/mol. The fourth-order valence-corrected chi connectivity index (χ4v) is 9.03. The molecule has 0 unspecified atom stereocenters. The van der Waals surface area contributed by atoms with Gasteiger partial charge >= 0.3 is 5.51 Å². The lowest BCUT2D eigenvalue weighted by atomic mass is 9.76. The van der Waals surface area contributed by atoms with Gasteiger partial charge in [0.1, 0.15) is 10.0 Å². The maximum absolute atomic E-state index is 13.5. The van der Waals surface area contributed by atoms with Crippen molar-refractivity contribution >= 4 is 20.0 Å². The summed E-state index contributed by atoms with van der Waals surface area (Å²) in [5.74, 6) is 0.0485. The Bertz CT molecular complexity index is 1060. The Labute approximate surface area is 207 Å².